The molecule has 1 aromatic carbocycles. The Kier molecular flexibility index (Phi) is 6.34. The van der Waals surface area contributed by atoms with Gasteiger partial charge >= 0.3 is 6.18 Å². The zero-order chi connectivity index (χ0) is 24.0. The van der Waals surface area contributed by atoms with Gasteiger partial charge < -0.3 is 4.57 Å². The smallest absolute Gasteiger partial charge is 0.321 e. The monoisotopic (exact) mass is 492 g/mol. The van der Waals surface area contributed by atoms with Gasteiger partial charge in [0.05, 0.1) is 16.3 Å². The van der Waals surface area contributed by atoms with E-state index in [1.165, 1.54) is 0 Å². The molecule has 0 spiro atoms. The average Bonchev–Trinajstić information content (AvgIpc) is 3.03. The van der Waals surface area contributed by atoms with Crippen molar-refractivity contribution in [1.82, 2.24) is 14.3 Å². The van der Waals surface area contributed by atoms with Crippen molar-refractivity contribution in [3.63, 3.8) is 0 Å². The van der Waals surface area contributed by atoms with Gasteiger partial charge in [0.2, 0.25) is 0 Å². The highest BCUT2D eigenvalue weighted by atomic mass is 35.5. The number of nitriles is 1. The van der Waals surface area contributed by atoms with Gasteiger partial charge in [0.25, 0.3) is 0 Å². The van der Waals surface area contributed by atoms with Crippen molar-refractivity contribution in [2.75, 3.05) is 0 Å². The summed E-state index contributed by atoms with van der Waals surface area (Å²) in [7, 11) is -0.902. The summed E-state index contributed by atoms with van der Waals surface area (Å²) in [5, 5.41) is 12.9. The number of benzene rings is 1. The molecule has 1 atom stereocenters. The van der Waals surface area contributed by atoms with E-state index >= 15 is 0 Å². The summed E-state index contributed by atoms with van der Waals surface area (Å²) in [6, 6.07) is 11.7. The molecule has 0 radical (unpaired) electrons. The second-order valence-electron chi connectivity index (χ2n) is 8.64. The molecule has 174 valence electrons. The Morgan fingerprint density at radius 3 is 2.42 bits per heavy atom. The lowest BCUT2D eigenvalue weighted by Crippen LogP contribution is -2.49. The highest BCUT2D eigenvalue weighted by Crippen LogP contribution is 2.43. The highest BCUT2D eigenvalue weighted by molar-refractivity contribution is 8.13. The van der Waals surface area contributed by atoms with Gasteiger partial charge in [-0.05, 0) is 69.2 Å². The van der Waals surface area contributed by atoms with Crippen molar-refractivity contribution in [3.05, 3.63) is 47.1 Å². The zero-order valence-corrected chi connectivity index (χ0v) is 20.1. The second-order valence-corrected chi connectivity index (χ2v) is 10.9. The third kappa shape index (κ3) is 4.30. The van der Waals surface area contributed by atoms with Crippen LogP contribution in [0.15, 0.2) is 41.4 Å². The van der Waals surface area contributed by atoms with Crippen LogP contribution in [0.1, 0.15) is 51.6 Å². The van der Waals surface area contributed by atoms with Crippen LogP contribution >= 0.6 is 22.3 Å². The molecular weight excluding hydrogens is 469 g/mol. The number of fused-ring (bicyclic) bond motifs is 1. The van der Waals surface area contributed by atoms with Crippen molar-refractivity contribution in [2.45, 2.75) is 62.7 Å². The fraction of sp³-hybridized carbons (Fsp3) is 0.375. The van der Waals surface area contributed by atoms with Crippen LogP contribution in [-0.4, -0.2) is 26.6 Å². The normalized spacial score (nSPS) is 16.1. The number of alkyl halides is 3. The quantitative estimate of drug-likeness (QED) is 0.381. The van der Waals surface area contributed by atoms with Gasteiger partial charge in [0.15, 0.2) is 0 Å². The Labute approximate surface area is 198 Å². The van der Waals surface area contributed by atoms with Gasteiger partial charge in [-0.1, -0.05) is 34.4 Å². The maximum absolute atomic E-state index is 13.4. The predicted octanol–water partition coefficient (Wildman–Crippen LogP) is 7.25. The largest absolute Gasteiger partial charge is 0.406 e. The van der Waals surface area contributed by atoms with E-state index in [9.17, 15) is 18.4 Å². The van der Waals surface area contributed by atoms with E-state index in [-0.39, 0.29) is 6.04 Å². The van der Waals surface area contributed by atoms with Gasteiger partial charge in [-0.3, -0.25) is 4.72 Å². The topological polar surface area (TPSA) is 53.6 Å². The maximum Gasteiger partial charge on any atom is 0.406 e. The minimum absolute atomic E-state index is 0.255. The fourth-order valence-electron chi connectivity index (χ4n) is 3.91. The molecule has 0 saturated heterocycles. The van der Waals surface area contributed by atoms with E-state index in [4.69, 9.17) is 11.6 Å². The third-order valence-corrected chi connectivity index (χ3v) is 8.24. The summed E-state index contributed by atoms with van der Waals surface area (Å²) in [5.74, 6) is 0. The van der Waals surface area contributed by atoms with Gasteiger partial charge in [-0.25, -0.2) is 4.98 Å². The van der Waals surface area contributed by atoms with Crippen molar-refractivity contribution in [2.24, 2.45) is 0 Å². The molecule has 4 nitrogen and oxygen atoms in total. The fourth-order valence-corrected chi connectivity index (χ4v) is 5.67. The Morgan fingerprint density at radius 1 is 1.24 bits per heavy atom. The van der Waals surface area contributed by atoms with Gasteiger partial charge in [-0.15, -0.1) is 0 Å². The molecular formula is C24H24ClF3N4S. The molecule has 3 aromatic rings. The molecule has 33 heavy (non-hydrogen) atoms. The summed E-state index contributed by atoms with van der Waals surface area (Å²) in [6.45, 7) is 4.02. The lowest BCUT2D eigenvalue weighted by molar-refractivity contribution is -0.179. The summed E-state index contributed by atoms with van der Waals surface area (Å²) in [6.07, 6.45) is 0.350. The molecule has 2 heterocycles. The Hall–Kier alpha value is -2.34. The zero-order valence-electron chi connectivity index (χ0n) is 18.5. The summed E-state index contributed by atoms with van der Waals surface area (Å²) >= 11 is 6.17. The van der Waals surface area contributed by atoms with E-state index in [1.54, 1.807) is 24.6 Å². The SMILES string of the molecule is C/C=S(\NC(C)(C)C(F)(F)F)c1ccc(-c2c(C#N)c3cc(Cl)cnc3n2C2CCC2)cc1. The van der Waals surface area contributed by atoms with E-state index < -0.39 is 22.4 Å². The first kappa shape index (κ1) is 23.8. The van der Waals surface area contributed by atoms with E-state index in [0.717, 1.165) is 54.9 Å². The van der Waals surface area contributed by atoms with Crippen molar-refractivity contribution >= 4 is 38.7 Å². The van der Waals surface area contributed by atoms with Crippen LogP contribution in [0.3, 0.4) is 0 Å². The Balaban J connectivity index is 1.78. The first-order valence-electron chi connectivity index (χ1n) is 10.6. The molecule has 1 saturated carbocycles. The highest BCUT2D eigenvalue weighted by Gasteiger charge is 2.47. The van der Waals surface area contributed by atoms with Gasteiger partial charge in [-0.2, -0.15) is 18.4 Å². The van der Waals surface area contributed by atoms with E-state index in [0.29, 0.717) is 16.0 Å². The molecule has 1 aliphatic rings. The molecule has 0 bridgehead atoms. The van der Waals surface area contributed by atoms with Crippen molar-refractivity contribution < 1.29 is 13.2 Å². The van der Waals surface area contributed by atoms with Crippen molar-refractivity contribution in [1.29, 1.82) is 5.26 Å². The number of rotatable bonds is 5. The first-order valence-corrected chi connectivity index (χ1v) is 12.3. The number of hydrogen-bond donors (Lipinski definition) is 1. The number of hydrogen-bond acceptors (Lipinski definition) is 3. The molecule has 2 aromatic heterocycles. The van der Waals surface area contributed by atoms with Crippen LogP contribution in [0.25, 0.3) is 22.3 Å². The first-order chi connectivity index (χ1) is 15.6. The molecule has 1 fully saturated rings. The Bertz CT molecular complexity index is 1270. The Morgan fingerprint density at radius 2 is 1.91 bits per heavy atom. The van der Waals surface area contributed by atoms with Crippen LogP contribution in [0.2, 0.25) is 5.02 Å². The molecule has 9 heteroatoms. The van der Waals surface area contributed by atoms with Crippen LogP contribution in [-0.2, 0) is 0 Å². The number of nitrogens with zero attached hydrogens (tertiary/aromatic N) is 3. The van der Waals surface area contributed by atoms with Crippen LogP contribution in [0, 0.1) is 11.3 Å². The molecule has 1 aliphatic carbocycles. The predicted molar refractivity (Wildman–Crippen MR) is 129 cm³/mol. The van der Waals surface area contributed by atoms with Crippen LogP contribution in [0.4, 0.5) is 13.2 Å². The second kappa shape index (κ2) is 8.79. The number of halogens is 4. The third-order valence-electron chi connectivity index (χ3n) is 6.05. The molecule has 1 N–H and O–H groups in total. The maximum atomic E-state index is 13.4. The minimum Gasteiger partial charge on any atom is -0.321 e. The number of nitrogens with one attached hydrogen (secondary N) is 1. The summed E-state index contributed by atoms with van der Waals surface area (Å²) in [4.78, 5) is 5.26. The molecule has 0 aliphatic heterocycles. The van der Waals surface area contributed by atoms with Crippen LogP contribution < -0.4 is 4.72 Å². The van der Waals surface area contributed by atoms with Gasteiger partial charge in [0, 0.05) is 22.5 Å². The van der Waals surface area contributed by atoms with E-state index in [2.05, 4.69) is 20.3 Å². The molecule has 4 rings (SSSR count). The molecule has 0 amide bonds. The van der Waals surface area contributed by atoms with E-state index in [1.807, 2.05) is 24.3 Å². The summed E-state index contributed by atoms with van der Waals surface area (Å²) in [5.41, 5.74) is 0.817. The molecule has 1 unspecified atom stereocenters. The number of pyridine rings is 1. The van der Waals surface area contributed by atoms with Crippen molar-refractivity contribution in [3.8, 4) is 17.3 Å². The summed E-state index contributed by atoms with van der Waals surface area (Å²) < 4.78 is 45.0. The number of aromatic nitrogens is 2. The lowest BCUT2D eigenvalue weighted by atomic mass is 9.92. The minimum atomic E-state index is -4.37. The average molecular weight is 493 g/mol. The standard InChI is InChI=1S/C24H24ClF3N4S/c1-4-33(31-23(2,3)24(26,27)28)18-10-8-15(9-11-18)21-20(13-29)19-12-16(25)14-30-22(19)32(21)17-6-5-7-17/h4,8-12,14,17,31H,5-7H2,1-3H3. The van der Waals surface area contributed by atoms with Crippen LogP contribution in [0.5, 0.6) is 0 Å². The van der Waals surface area contributed by atoms with Gasteiger partial charge in [0.1, 0.15) is 17.3 Å². The lowest BCUT2D eigenvalue weighted by Gasteiger charge is -2.31.